The highest BCUT2D eigenvalue weighted by molar-refractivity contribution is 5.84. The van der Waals surface area contributed by atoms with Crippen LogP contribution in [0.3, 0.4) is 0 Å². The number of hydrogen-bond acceptors (Lipinski definition) is 0. The van der Waals surface area contributed by atoms with E-state index in [0.29, 0.717) is 0 Å². The summed E-state index contributed by atoms with van der Waals surface area (Å²) in [4.78, 5) is 0. The molecular formula is C31H36. The van der Waals surface area contributed by atoms with Gasteiger partial charge in [-0.05, 0) is 96.5 Å². The molecule has 31 heavy (non-hydrogen) atoms. The summed E-state index contributed by atoms with van der Waals surface area (Å²) < 4.78 is 0. The second-order valence-electron chi connectivity index (χ2n) is 9.38. The quantitative estimate of drug-likeness (QED) is 0.358. The number of hydrogen-bond donors (Lipinski definition) is 0. The zero-order chi connectivity index (χ0) is 21.5. The Kier molecular flexibility index (Phi) is 7.48. The SMILES string of the molecule is CCCCc1ccc2cc(C#Cc3ccc([C@H]4CC[C@H](CCC)CC4)cc3)ccc2c1. The molecule has 3 aromatic rings. The van der Waals surface area contributed by atoms with Crippen molar-refractivity contribution in [1.82, 2.24) is 0 Å². The number of aryl methyl sites for hydroxylation is 1. The predicted molar refractivity (Wildman–Crippen MR) is 135 cm³/mol. The van der Waals surface area contributed by atoms with E-state index in [1.165, 1.54) is 79.7 Å². The Morgan fingerprint density at radius 1 is 0.710 bits per heavy atom. The molecule has 0 heteroatoms. The van der Waals surface area contributed by atoms with Gasteiger partial charge in [-0.2, -0.15) is 0 Å². The first kappa shape index (κ1) is 21.7. The van der Waals surface area contributed by atoms with E-state index in [4.69, 9.17) is 0 Å². The van der Waals surface area contributed by atoms with Crippen LogP contribution in [0.25, 0.3) is 10.8 Å². The Labute approximate surface area is 189 Å². The molecule has 3 aromatic carbocycles. The minimum absolute atomic E-state index is 0.748. The van der Waals surface area contributed by atoms with Crippen molar-refractivity contribution in [1.29, 1.82) is 0 Å². The van der Waals surface area contributed by atoms with Gasteiger partial charge in [0.05, 0.1) is 0 Å². The first-order valence-corrected chi connectivity index (χ1v) is 12.4. The van der Waals surface area contributed by atoms with Crippen LogP contribution in [0, 0.1) is 17.8 Å². The van der Waals surface area contributed by atoms with E-state index >= 15 is 0 Å². The summed E-state index contributed by atoms with van der Waals surface area (Å²) in [5.41, 5.74) is 5.14. The number of unbranched alkanes of at least 4 members (excludes halogenated alkanes) is 1. The maximum atomic E-state index is 3.37. The molecular weight excluding hydrogens is 372 g/mol. The lowest BCUT2D eigenvalue weighted by atomic mass is 9.77. The molecule has 0 amide bonds. The Balaban J connectivity index is 1.41. The van der Waals surface area contributed by atoms with Crippen LogP contribution in [0.2, 0.25) is 0 Å². The molecule has 0 saturated heterocycles. The summed E-state index contributed by atoms with van der Waals surface area (Å²) in [5, 5.41) is 2.60. The van der Waals surface area contributed by atoms with E-state index < -0.39 is 0 Å². The third-order valence-electron chi connectivity index (χ3n) is 7.00. The zero-order valence-electron chi connectivity index (χ0n) is 19.3. The lowest BCUT2D eigenvalue weighted by molar-refractivity contribution is 0.308. The summed E-state index contributed by atoms with van der Waals surface area (Å²) in [6, 6.07) is 22.5. The Morgan fingerprint density at radius 2 is 1.39 bits per heavy atom. The highest BCUT2D eigenvalue weighted by atomic mass is 14.3. The van der Waals surface area contributed by atoms with Crippen LogP contribution in [0.4, 0.5) is 0 Å². The molecule has 1 saturated carbocycles. The lowest BCUT2D eigenvalue weighted by Crippen LogP contribution is -2.13. The van der Waals surface area contributed by atoms with Crippen LogP contribution in [0.15, 0.2) is 60.7 Å². The maximum Gasteiger partial charge on any atom is 0.0255 e. The van der Waals surface area contributed by atoms with Crippen LogP contribution >= 0.6 is 0 Å². The van der Waals surface area contributed by atoms with E-state index in [0.717, 1.165) is 23.0 Å². The molecule has 0 aromatic heterocycles. The Hall–Kier alpha value is -2.52. The zero-order valence-corrected chi connectivity index (χ0v) is 19.3. The van der Waals surface area contributed by atoms with E-state index in [1.54, 1.807) is 0 Å². The average Bonchev–Trinajstić information content (AvgIpc) is 2.82. The standard InChI is InChI=1S/C31H36/c1-3-5-7-26-14-20-31-23-27(15-21-30(31)22-26)9-8-25-12-18-29(19-13-25)28-16-10-24(6-4-2)11-17-28/h12-15,18-24,28H,3-7,10-11,16-17H2,1-2H3/t24-,28-. The Bertz CT molecular complexity index is 1040. The van der Waals surface area contributed by atoms with E-state index in [9.17, 15) is 0 Å². The van der Waals surface area contributed by atoms with Gasteiger partial charge in [-0.25, -0.2) is 0 Å². The summed E-state index contributed by atoms with van der Waals surface area (Å²) in [6.45, 7) is 4.56. The second-order valence-corrected chi connectivity index (χ2v) is 9.38. The predicted octanol–water partition coefficient (Wildman–Crippen LogP) is 8.66. The molecule has 0 aliphatic heterocycles. The monoisotopic (exact) mass is 408 g/mol. The molecule has 0 unspecified atom stereocenters. The van der Waals surface area contributed by atoms with Crippen LogP contribution < -0.4 is 0 Å². The van der Waals surface area contributed by atoms with Gasteiger partial charge in [0.2, 0.25) is 0 Å². The van der Waals surface area contributed by atoms with E-state index in [1.807, 2.05) is 0 Å². The highest BCUT2D eigenvalue weighted by Gasteiger charge is 2.21. The third-order valence-corrected chi connectivity index (χ3v) is 7.00. The van der Waals surface area contributed by atoms with Gasteiger partial charge in [0, 0.05) is 11.1 Å². The molecule has 0 N–H and O–H groups in total. The van der Waals surface area contributed by atoms with Gasteiger partial charge in [0.15, 0.2) is 0 Å². The van der Waals surface area contributed by atoms with Crippen molar-refractivity contribution >= 4 is 10.8 Å². The topological polar surface area (TPSA) is 0 Å². The minimum atomic E-state index is 0.748. The first-order chi connectivity index (χ1) is 15.2. The van der Waals surface area contributed by atoms with Crippen molar-refractivity contribution in [2.45, 2.75) is 77.6 Å². The van der Waals surface area contributed by atoms with Gasteiger partial charge in [-0.15, -0.1) is 0 Å². The summed E-state index contributed by atoms with van der Waals surface area (Å²) >= 11 is 0. The van der Waals surface area contributed by atoms with Gasteiger partial charge < -0.3 is 0 Å². The van der Waals surface area contributed by atoms with Gasteiger partial charge in [0.25, 0.3) is 0 Å². The molecule has 1 fully saturated rings. The number of fused-ring (bicyclic) bond motifs is 1. The average molecular weight is 409 g/mol. The van der Waals surface area contributed by atoms with Gasteiger partial charge in [-0.1, -0.05) is 81.3 Å². The van der Waals surface area contributed by atoms with Gasteiger partial charge >= 0.3 is 0 Å². The van der Waals surface area contributed by atoms with Crippen molar-refractivity contribution in [3.63, 3.8) is 0 Å². The third kappa shape index (κ3) is 5.80. The molecule has 4 rings (SSSR count). The molecule has 0 heterocycles. The van der Waals surface area contributed by atoms with Crippen molar-refractivity contribution in [3.05, 3.63) is 82.9 Å². The van der Waals surface area contributed by atoms with Gasteiger partial charge in [-0.3, -0.25) is 0 Å². The molecule has 160 valence electrons. The van der Waals surface area contributed by atoms with Crippen LogP contribution in [0.1, 0.15) is 93.4 Å². The number of benzene rings is 3. The summed E-state index contributed by atoms with van der Waals surface area (Å²) in [7, 11) is 0. The molecule has 0 bridgehead atoms. The van der Waals surface area contributed by atoms with Crippen molar-refractivity contribution in [2.75, 3.05) is 0 Å². The number of rotatable bonds is 6. The van der Waals surface area contributed by atoms with Crippen molar-refractivity contribution in [3.8, 4) is 11.8 Å². The molecule has 1 aliphatic carbocycles. The normalized spacial score (nSPS) is 18.5. The van der Waals surface area contributed by atoms with Crippen molar-refractivity contribution < 1.29 is 0 Å². The van der Waals surface area contributed by atoms with Crippen LogP contribution in [0.5, 0.6) is 0 Å². The van der Waals surface area contributed by atoms with Crippen LogP contribution in [-0.2, 0) is 6.42 Å². The molecule has 0 spiro atoms. The molecule has 1 aliphatic rings. The largest absolute Gasteiger partial charge is 0.0654 e. The summed E-state index contributed by atoms with van der Waals surface area (Å²) in [6.07, 6.45) is 11.9. The fraction of sp³-hybridized carbons (Fsp3) is 0.419. The first-order valence-electron chi connectivity index (χ1n) is 12.4. The highest BCUT2D eigenvalue weighted by Crippen LogP contribution is 2.37. The smallest absolute Gasteiger partial charge is 0.0255 e. The second kappa shape index (κ2) is 10.7. The van der Waals surface area contributed by atoms with Gasteiger partial charge in [0.1, 0.15) is 0 Å². The minimum Gasteiger partial charge on any atom is -0.0654 e. The summed E-state index contributed by atoms with van der Waals surface area (Å²) in [5.74, 6) is 8.46. The van der Waals surface area contributed by atoms with Crippen molar-refractivity contribution in [2.24, 2.45) is 5.92 Å². The molecule has 0 nitrogen and oxygen atoms in total. The molecule has 0 radical (unpaired) electrons. The fourth-order valence-corrected chi connectivity index (χ4v) is 5.09. The molecule has 0 atom stereocenters. The van der Waals surface area contributed by atoms with E-state index in [-0.39, 0.29) is 0 Å². The maximum absolute atomic E-state index is 3.37. The van der Waals surface area contributed by atoms with E-state index in [2.05, 4.69) is 86.4 Å². The Morgan fingerprint density at radius 3 is 2.13 bits per heavy atom. The van der Waals surface area contributed by atoms with Crippen LogP contribution in [-0.4, -0.2) is 0 Å². The lowest BCUT2D eigenvalue weighted by Gasteiger charge is -2.28. The fourth-order valence-electron chi connectivity index (χ4n) is 5.09.